The second kappa shape index (κ2) is 10.9. The van der Waals surface area contributed by atoms with Gasteiger partial charge in [-0.15, -0.1) is 5.10 Å². The number of rotatable bonds is 6. The second-order valence-electron chi connectivity index (χ2n) is 11.7. The van der Waals surface area contributed by atoms with Crippen molar-refractivity contribution in [3.63, 3.8) is 0 Å². The number of piperidine rings is 1. The van der Waals surface area contributed by atoms with Crippen LogP contribution in [0.3, 0.4) is 0 Å². The molecule has 5 rings (SSSR count). The van der Waals surface area contributed by atoms with E-state index in [4.69, 9.17) is 14.2 Å². The van der Waals surface area contributed by atoms with Crippen LogP contribution in [0.2, 0.25) is 0 Å². The Labute approximate surface area is 233 Å². The summed E-state index contributed by atoms with van der Waals surface area (Å²) in [6.45, 7) is 8.70. The molecule has 1 fully saturated rings. The summed E-state index contributed by atoms with van der Waals surface area (Å²) in [6, 6.07) is 13.1. The SMILES string of the molecule is Cc1ccc(-c2cn(CC(O)COc3ccc4c(c3)OC3(CCN(C(=O)OC(C)(C)C)CC3)CC4=O)nn2)cc1. The number of likely N-dealkylation sites (tertiary alicyclic amines) is 1. The minimum Gasteiger partial charge on any atom is -0.491 e. The molecule has 2 aliphatic rings. The molecule has 1 spiro atoms. The lowest BCUT2D eigenvalue weighted by Gasteiger charge is -2.44. The van der Waals surface area contributed by atoms with Crippen LogP contribution in [0.15, 0.2) is 48.7 Å². The van der Waals surface area contributed by atoms with Gasteiger partial charge in [0, 0.05) is 37.6 Å². The average Bonchev–Trinajstić information content (AvgIpc) is 3.35. The lowest BCUT2D eigenvalue weighted by atomic mass is 9.82. The zero-order valence-electron chi connectivity index (χ0n) is 23.4. The highest BCUT2D eigenvalue weighted by atomic mass is 16.6. The summed E-state index contributed by atoms with van der Waals surface area (Å²) in [5.74, 6) is 0.967. The van der Waals surface area contributed by atoms with E-state index in [2.05, 4.69) is 10.3 Å². The highest BCUT2D eigenvalue weighted by molar-refractivity contribution is 6.00. The fourth-order valence-electron chi connectivity index (χ4n) is 4.97. The summed E-state index contributed by atoms with van der Waals surface area (Å²) < 4.78 is 19.3. The Morgan fingerprint density at radius 1 is 1.15 bits per heavy atom. The van der Waals surface area contributed by atoms with E-state index in [0.717, 1.165) is 11.3 Å². The van der Waals surface area contributed by atoms with Gasteiger partial charge < -0.3 is 24.2 Å². The van der Waals surface area contributed by atoms with Crippen molar-refractivity contribution in [3.05, 3.63) is 59.8 Å². The van der Waals surface area contributed by atoms with Crippen LogP contribution in [0.4, 0.5) is 4.79 Å². The fourth-order valence-corrected chi connectivity index (χ4v) is 4.97. The second-order valence-corrected chi connectivity index (χ2v) is 11.7. The Hall–Kier alpha value is -3.92. The van der Waals surface area contributed by atoms with Crippen LogP contribution in [0.5, 0.6) is 11.5 Å². The number of hydrogen-bond acceptors (Lipinski definition) is 8. The third-order valence-corrected chi connectivity index (χ3v) is 7.12. The summed E-state index contributed by atoms with van der Waals surface area (Å²) in [5, 5.41) is 18.9. The first kappa shape index (κ1) is 27.6. The summed E-state index contributed by atoms with van der Waals surface area (Å²) in [6.07, 6.45) is 1.95. The Morgan fingerprint density at radius 2 is 1.88 bits per heavy atom. The van der Waals surface area contributed by atoms with Crippen molar-refractivity contribution < 1.29 is 28.9 Å². The van der Waals surface area contributed by atoms with Gasteiger partial charge in [0.25, 0.3) is 0 Å². The van der Waals surface area contributed by atoms with Crippen molar-refractivity contribution in [1.82, 2.24) is 19.9 Å². The van der Waals surface area contributed by atoms with E-state index in [9.17, 15) is 14.7 Å². The number of aliphatic hydroxyl groups is 1. The predicted molar refractivity (Wildman–Crippen MR) is 147 cm³/mol. The number of fused-ring (bicyclic) bond motifs is 1. The van der Waals surface area contributed by atoms with E-state index < -0.39 is 17.3 Å². The van der Waals surface area contributed by atoms with Crippen LogP contribution in [0.25, 0.3) is 11.3 Å². The smallest absolute Gasteiger partial charge is 0.410 e. The molecule has 0 aliphatic carbocycles. The van der Waals surface area contributed by atoms with Crippen molar-refractivity contribution in [3.8, 4) is 22.8 Å². The molecular weight excluding hydrogens is 512 g/mol. The monoisotopic (exact) mass is 548 g/mol. The molecule has 1 N–H and O–H groups in total. The predicted octanol–water partition coefficient (Wildman–Crippen LogP) is 4.43. The number of carbonyl (C=O) groups excluding carboxylic acids is 2. The molecule has 1 saturated heterocycles. The van der Waals surface area contributed by atoms with Gasteiger partial charge >= 0.3 is 6.09 Å². The fraction of sp³-hybridized carbons (Fsp3) is 0.467. The van der Waals surface area contributed by atoms with Gasteiger partial charge in [-0.25, -0.2) is 9.48 Å². The maximum Gasteiger partial charge on any atom is 0.410 e. The summed E-state index contributed by atoms with van der Waals surface area (Å²) >= 11 is 0. The summed E-state index contributed by atoms with van der Waals surface area (Å²) in [4.78, 5) is 27.1. The largest absolute Gasteiger partial charge is 0.491 e. The van der Waals surface area contributed by atoms with Crippen LogP contribution in [0, 0.1) is 6.92 Å². The number of ether oxygens (including phenoxy) is 3. The minimum absolute atomic E-state index is 0.00844. The summed E-state index contributed by atoms with van der Waals surface area (Å²) in [7, 11) is 0. The first-order chi connectivity index (χ1) is 19.0. The lowest BCUT2D eigenvalue weighted by molar-refractivity contribution is -0.0227. The number of benzene rings is 2. The van der Waals surface area contributed by atoms with Crippen LogP contribution in [0.1, 0.15) is 56.0 Å². The number of aromatic nitrogens is 3. The van der Waals surface area contributed by atoms with E-state index in [1.165, 1.54) is 5.56 Å². The average molecular weight is 549 g/mol. The molecule has 3 aromatic rings. The number of carbonyl (C=O) groups is 2. The van der Waals surface area contributed by atoms with Gasteiger partial charge in [0.15, 0.2) is 5.78 Å². The summed E-state index contributed by atoms with van der Waals surface area (Å²) in [5.41, 5.74) is 2.14. The van der Waals surface area contributed by atoms with E-state index in [0.29, 0.717) is 43.0 Å². The number of hydrogen-bond donors (Lipinski definition) is 1. The van der Waals surface area contributed by atoms with Crippen LogP contribution < -0.4 is 9.47 Å². The maximum atomic E-state index is 13.0. The molecule has 1 unspecified atom stereocenters. The van der Waals surface area contributed by atoms with Crippen LogP contribution in [-0.2, 0) is 11.3 Å². The van der Waals surface area contributed by atoms with Crippen LogP contribution >= 0.6 is 0 Å². The molecule has 3 heterocycles. The van der Waals surface area contributed by atoms with E-state index in [1.807, 2.05) is 52.0 Å². The normalized spacial score (nSPS) is 17.2. The van der Waals surface area contributed by atoms with Crippen molar-refractivity contribution in [1.29, 1.82) is 0 Å². The number of aryl methyl sites for hydroxylation is 1. The highest BCUT2D eigenvalue weighted by Crippen LogP contribution is 2.41. The highest BCUT2D eigenvalue weighted by Gasteiger charge is 2.44. The van der Waals surface area contributed by atoms with E-state index in [-0.39, 0.29) is 31.4 Å². The number of amides is 1. The number of aliphatic hydroxyl groups excluding tert-OH is 1. The molecule has 1 aromatic heterocycles. The Kier molecular flexibility index (Phi) is 7.55. The molecular formula is C30H36N4O6. The third-order valence-electron chi connectivity index (χ3n) is 7.12. The number of Topliss-reactive ketones (excluding diaryl/α,β-unsaturated/α-hetero) is 1. The number of ketones is 1. The van der Waals surface area contributed by atoms with Gasteiger partial charge in [0.2, 0.25) is 0 Å². The van der Waals surface area contributed by atoms with Gasteiger partial charge in [0.05, 0.1) is 24.7 Å². The Balaban J connectivity index is 1.17. The molecule has 0 bridgehead atoms. The minimum atomic E-state index is -0.824. The first-order valence-electron chi connectivity index (χ1n) is 13.6. The molecule has 10 nitrogen and oxygen atoms in total. The standard InChI is InChI=1S/C30H36N4O6/c1-20-5-7-21(8-6-20)25-18-34(32-31-25)17-22(35)19-38-23-9-10-24-26(36)16-30(39-27(24)15-23)11-13-33(14-12-30)28(37)40-29(2,3)4/h5-10,15,18,22,35H,11-14,16-17,19H2,1-4H3. The quantitative estimate of drug-likeness (QED) is 0.481. The van der Waals surface area contributed by atoms with Gasteiger partial charge in [0.1, 0.15) is 41.1 Å². The molecule has 40 heavy (non-hydrogen) atoms. The first-order valence-corrected chi connectivity index (χ1v) is 13.6. The van der Waals surface area contributed by atoms with E-state index >= 15 is 0 Å². The van der Waals surface area contributed by atoms with Crippen molar-refractivity contribution in [2.75, 3.05) is 19.7 Å². The van der Waals surface area contributed by atoms with Crippen molar-refractivity contribution in [2.45, 2.75) is 70.8 Å². The molecule has 2 aliphatic heterocycles. The molecule has 1 atom stereocenters. The van der Waals surface area contributed by atoms with E-state index in [1.54, 1.807) is 34.0 Å². The van der Waals surface area contributed by atoms with Crippen LogP contribution in [-0.4, -0.2) is 73.9 Å². The van der Waals surface area contributed by atoms with Gasteiger partial charge in [-0.3, -0.25) is 4.79 Å². The molecule has 0 saturated carbocycles. The van der Waals surface area contributed by atoms with Gasteiger partial charge in [-0.05, 0) is 39.8 Å². The molecule has 2 aromatic carbocycles. The van der Waals surface area contributed by atoms with Gasteiger partial charge in [-0.2, -0.15) is 0 Å². The zero-order chi connectivity index (χ0) is 28.5. The maximum absolute atomic E-state index is 13.0. The molecule has 10 heteroatoms. The Morgan fingerprint density at radius 3 is 2.58 bits per heavy atom. The molecule has 212 valence electrons. The Bertz CT molecular complexity index is 1370. The number of nitrogens with zero attached hydrogens (tertiary/aromatic N) is 4. The van der Waals surface area contributed by atoms with Crippen molar-refractivity contribution >= 4 is 11.9 Å². The molecule has 1 amide bonds. The lowest BCUT2D eigenvalue weighted by Crippen LogP contribution is -2.52. The third kappa shape index (κ3) is 6.44. The molecule has 0 radical (unpaired) electrons. The topological polar surface area (TPSA) is 116 Å². The van der Waals surface area contributed by atoms with Gasteiger partial charge in [-0.1, -0.05) is 35.0 Å². The zero-order valence-corrected chi connectivity index (χ0v) is 23.4. The van der Waals surface area contributed by atoms with Crippen molar-refractivity contribution in [2.24, 2.45) is 0 Å².